The van der Waals surface area contributed by atoms with E-state index in [1.165, 1.54) is 0 Å². The summed E-state index contributed by atoms with van der Waals surface area (Å²) in [4.78, 5) is 26.9. The maximum absolute atomic E-state index is 13.1. The van der Waals surface area contributed by atoms with E-state index < -0.39 is 0 Å². The van der Waals surface area contributed by atoms with Crippen LogP contribution in [0.4, 0.5) is 5.82 Å². The highest BCUT2D eigenvalue weighted by Crippen LogP contribution is 2.33. The van der Waals surface area contributed by atoms with Gasteiger partial charge < -0.3 is 19.9 Å². The number of carbonyl (C=O) groups is 1. The lowest BCUT2D eigenvalue weighted by Crippen LogP contribution is -2.57. The topological polar surface area (TPSA) is 112 Å². The molecule has 0 aliphatic carbocycles. The number of nitrogens with one attached hydrogen (secondary N) is 1. The minimum atomic E-state index is -0.343. The molecule has 1 N–H and O–H groups in total. The lowest BCUT2D eigenvalue weighted by Gasteiger charge is -2.43. The van der Waals surface area contributed by atoms with Crippen LogP contribution in [0.2, 0.25) is 0 Å². The molecule has 0 aromatic carbocycles. The summed E-state index contributed by atoms with van der Waals surface area (Å²) in [5.74, 6) is 1.68. The zero-order valence-corrected chi connectivity index (χ0v) is 25.3. The average Bonchev–Trinajstić information content (AvgIpc) is 3.43. The van der Waals surface area contributed by atoms with Crippen molar-refractivity contribution >= 4 is 17.2 Å². The molecular formula is C33H40N8O2. The van der Waals surface area contributed by atoms with E-state index in [1.807, 2.05) is 55.7 Å². The Bertz CT molecular complexity index is 1550. The Labute approximate surface area is 253 Å². The van der Waals surface area contributed by atoms with Crippen LogP contribution in [0.1, 0.15) is 50.3 Å². The van der Waals surface area contributed by atoms with Crippen LogP contribution >= 0.6 is 0 Å². The standard InChI is InChI=1S/C33H40N8O2/c1-4-43-28-19-29(32-26(21-34)23-37-41(32)24-28)25-11-12-30(36-22-25)40-17-13-33(14-18-40,20-27-9-5-7-15-35-27)38-31(42)10-6-8-16-39(2)3/h5,7,9,11-12,15,19,22-24H,4,6,8,10,13-14,16-18,20H2,1-3H3,(H,38,42). The van der Waals surface area contributed by atoms with Crippen molar-refractivity contribution in [2.45, 2.75) is 51.0 Å². The van der Waals surface area contributed by atoms with Crippen LogP contribution in [0.15, 0.2) is 61.2 Å². The summed E-state index contributed by atoms with van der Waals surface area (Å²) in [5, 5.41) is 17.4. The van der Waals surface area contributed by atoms with Crippen molar-refractivity contribution in [3.63, 3.8) is 0 Å². The monoisotopic (exact) mass is 580 g/mol. The van der Waals surface area contributed by atoms with Gasteiger partial charge in [0.25, 0.3) is 0 Å². The van der Waals surface area contributed by atoms with Crippen LogP contribution in [0, 0.1) is 11.3 Å². The minimum Gasteiger partial charge on any atom is -0.492 e. The molecule has 1 amide bonds. The van der Waals surface area contributed by atoms with Gasteiger partial charge in [-0.2, -0.15) is 10.4 Å². The molecular weight excluding hydrogens is 540 g/mol. The molecule has 1 aliphatic rings. The zero-order valence-electron chi connectivity index (χ0n) is 25.3. The molecule has 10 nitrogen and oxygen atoms in total. The van der Waals surface area contributed by atoms with Crippen molar-refractivity contribution in [3.8, 4) is 22.9 Å². The molecule has 0 radical (unpaired) electrons. The number of carbonyl (C=O) groups excluding carboxylic acids is 1. The van der Waals surface area contributed by atoms with Gasteiger partial charge in [0.1, 0.15) is 17.6 Å². The first-order chi connectivity index (χ1) is 20.9. The van der Waals surface area contributed by atoms with Gasteiger partial charge in [0.05, 0.1) is 30.1 Å². The lowest BCUT2D eigenvalue weighted by atomic mass is 9.82. The summed E-state index contributed by atoms with van der Waals surface area (Å²) in [6, 6.07) is 14.2. The number of piperidine rings is 1. The molecule has 1 fully saturated rings. The molecule has 1 aliphatic heterocycles. The average molecular weight is 581 g/mol. The van der Waals surface area contributed by atoms with Crippen molar-refractivity contribution in [1.29, 1.82) is 5.26 Å². The van der Waals surface area contributed by atoms with Crippen LogP contribution in [0.5, 0.6) is 5.75 Å². The predicted molar refractivity (Wildman–Crippen MR) is 167 cm³/mol. The van der Waals surface area contributed by atoms with E-state index in [-0.39, 0.29) is 11.4 Å². The maximum Gasteiger partial charge on any atom is 0.220 e. The Balaban J connectivity index is 1.31. The number of hydrogen-bond donors (Lipinski definition) is 1. The van der Waals surface area contributed by atoms with Gasteiger partial charge in [-0.15, -0.1) is 0 Å². The van der Waals surface area contributed by atoms with Gasteiger partial charge in [-0.3, -0.25) is 9.78 Å². The molecule has 1 saturated heterocycles. The van der Waals surface area contributed by atoms with Crippen LogP contribution in [-0.2, 0) is 11.2 Å². The molecule has 0 saturated carbocycles. The van der Waals surface area contributed by atoms with E-state index in [0.29, 0.717) is 30.8 Å². The molecule has 43 heavy (non-hydrogen) atoms. The Morgan fingerprint density at radius 3 is 2.65 bits per heavy atom. The maximum atomic E-state index is 13.1. The summed E-state index contributed by atoms with van der Waals surface area (Å²) in [6.45, 7) is 4.99. The first kappa shape index (κ1) is 30.0. The second-order valence-corrected chi connectivity index (χ2v) is 11.5. The SMILES string of the molecule is CCOc1cc(-c2ccc(N3CCC(Cc4ccccn4)(NC(=O)CCCCN(C)C)CC3)nc2)c2c(C#N)cnn2c1. The quantitative estimate of drug-likeness (QED) is 0.244. The van der Waals surface area contributed by atoms with Crippen molar-refractivity contribution in [2.24, 2.45) is 0 Å². The first-order valence-electron chi connectivity index (χ1n) is 15.0. The van der Waals surface area contributed by atoms with Crippen molar-refractivity contribution < 1.29 is 9.53 Å². The van der Waals surface area contributed by atoms with Gasteiger partial charge in [-0.1, -0.05) is 6.07 Å². The third-order valence-corrected chi connectivity index (χ3v) is 8.03. The number of nitrogens with zero attached hydrogens (tertiary/aromatic N) is 7. The van der Waals surface area contributed by atoms with Gasteiger partial charge in [0.2, 0.25) is 5.91 Å². The van der Waals surface area contributed by atoms with Gasteiger partial charge in [0.15, 0.2) is 0 Å². The molecule has 10 heteroatoms. The van der Waals surface area contributed by atoms with Crippen molar-refractivity contribution in [3.05, 3.63) is 72.4 Å². The number of nitriles is 1. The first-order valence-corrected chi connectivity index (χ1v) is 15.0. The number of aromatic nitrogens is 4. The molecule has 0 spiro atoms. The summed E-state index contributed by atoms with van der Waals surface area (Å²) in [5.41, 5.74) is 3.61. The number of anilines is 1. The Hall–Kier alpha value is -4.49. The lowest BCUT2D eigenvalue weighted by molar-refractivity contribution is -0.123. The van der Waals surface area contributed by atoms with E-state index in [1.54, 1.807) is 16.9 Å². The van der Waals surface area contributed by atoms with E-state index in [9.17, 15) is 10.1 Å². The molecule has 0 atom stereocenters. The predicted octanol–water partition coefficient (Wildman–Crippen LogP) is 4.49. The van der Waals surface area contributed by atoms with Crippen molar-refractivity contribution in [1.82, 2.24) is 29.8 Å². The zero-order chi connectivity index (χ0) is 30.2. The van der Waals surface area contributed by atoms with E-state index in [0.717, 1.165) is 73.5 Å². The largest absolute Gasteiger partial charge is 0.492 e. The van der Waals surface area contributed by atoms with E-state index in [4.69, 9.17) is 9.72 Å². The third kappa shape index (κ3) is 7.30. The number of ether oxygens (including phenoxy) is 1. The van der Waals surface area contributed by atoms with Crippen LogP contribution < -0.4 is 15.0 Å². The molecule has 4 aromatic heterocycles. The third-order valence-electron chi connectivity index (χ3n) is 8.03. The minimum absolute atomic E-state index is 0.114. The van der Waals surface area contributed by atoms with Crippen molar-refractivity contribution in [2.75, 3.05) is 45.2 Å². The number of pyridine rings is 3. The van der Waals surface area contributed by atoms with Gasteiger partial charge in [0, 0.05) is 60.7 Å². The number of amides is 1. The summed E-state index contributed by atoms with van der Waals surface area (Å²) in [7, 11) is 4.11. The molecule has 5 heterocycles. The van der Waals surface area contributed by atoms with Crippen LogP contribution in [-0.4, -0.2) is 76.3 Å². The second-order valence-electron chi connectivity index (χ2n) is 11.5. The highest BCUT2D eigenvalue weighted by Gasteiger charge is 2.37. The van der Waals surface area contributed by atoms with E-state index in [2.05, 4.69) is 45.4 Å². The molecule has 5 rings (SSSR count). The summed E-state index contributed by atoms with van der Waals surface area (Å²) < 4.78 is 7.45. The van der Waals surface area contributed by atoms with Crippen LogP contribution in [0.25, 0.3) is 16.6 Å². The fraction of sp³-hybridized carbons (Fsp3) is 0.424. The highest BCUT2D eigenvalue weighted by molar-refractivity contribution is 5.85. The molecule has 4 aromatic rings. The number of hydrogen-bond acceptors (Lipinski definition) is 8. The Kier molecular flexibility index (Phi) is 9.52. The van der Waals surface area contributed by atoms with E-state index >= 15 is 0 Å². The molecule has 224 valence electrons. The molecule has 0 unspecified atom stereocenters. The smallest absolute Gasteiger partial charge is 0.220 e. The highest BCUT2D eigenvalue weighted by atomic mass is 16.5. The van der Waals surface area contributed by atoms with Crippen LogP contribution in [0.3, 0.4) is 0 Å². The Morgan fingerprint density at radius 1 is 1.14 bits per heavy atom. The number of unbranched alkanes of at least 4 members (excludes halogenated alkanes) is 1. The molecule has 0 bridgehead atoms. The summed E-state index contributed by atoms with van der Waals surface area (Å²) in [6.07, 6.45) is 11.7. The second kappa shape index (κ2) is 13.7. The van der Waals surface area contributed by atoms with Gasteiger partial charge >= 0.3 is 0 Å². The normalized spacial score (nSPS) is 14.5. The fourth-order valence-corrected chi connectivity index (χ4v) is 5.81. The Morgan fingerprint density at radius 2 is 1.98 bits per heavy atom. The summed E-state index contributed by atoms with van der Waals surface area (Å²) >= 11 is 0. The van der Waals surface area contributed by atoms with Gasteiger partial charge in [-0.05, 0) is 83.6 Å². The number of rotatable bonds is 12. The fourth-order valence-electron chi connectivity index (χ4n) is 5.81. The number of fused-ring (bicyclic) bond motifs is 1. The van der Waals surface area contributed by atoms with Gasteiger partial charge in [-0.25, -0.2) is 9.50 Å².